The maximum atomic E-state index is 12.2. The van der Waals surface area contributed by atoms with Gasteiger partial charge in [-0.05, 0) is 48.2 Å². The summed E-state index contributed by atoms with van der Waals surface area (Å²) in [7, 11) is 0. The summed E-state index contributed by atoms with van der Waals surface area (Å²) in [6.45, 7) is 3.13. The Kier molecular flexibility index (Phi) is 2.02. The molecule has 0 N–H and O–H groups in total. The van der Waals surface area contributed by atoms with Crippen LogP contribution in [-0.2, 0) is 5.54 Å². The largest absolute Gasteiger partial charge is 0.328 e. The zero-order valence-corrected chi connectivity index (χ0v) is 10.9. The Balaban J connectivity index is 2.17. The first-order valence-corrected chi connectivity index (χ1v) is 6.86. The van der Waals surface area contributed by atoms with Crippen LogP contribution in [0.1, 0.15) is 41.4 Å². The summed E-state index contributed by atoms with van der Waals surface area (Å²) in [5, 5.41) is 0. The van der Waals surface area contributed by atoms with Crippen molar-refractivity contribution >= 4 is 33.2 Å². The molecule has 2 aliphatic rings. The van der Waals surface area contributed by atoms with Gasteiger partial charge in [0.05, 0.1) is 14.9 Å². The average Bonchev–Trinajstić information content (AvgIpc) is 2.67. The zero-order chi connectivity index (χ0) is 10.6. The first kappa shape index (κ1) is 9.85. The number of piperidine rings is 1. The molecule has 2 aliphatic heterocycles. The molecule has 0 bridgehead atoms. The van der Waals surface area contributed by atoms with Crippen molar-refractivity contribution in [2.45, 2.75) is 31.7 Å². The number of hydrogen-bond acceptors (Lipinski definition) is 2. The van der Waals surface area contributed by atoms with E-state index >= 15 is 0 Å². The topological polar surface area (TPSA) is 20.3 Å². The Bertz CT molecular complexity index is 442. The van der Waals surface area contributed by atoms with Gasteiger partial charge in [-0.3, -0.25) is 4.79 Å². The third-order valence-corrected chi connectivity index (χ3v) is 5.45. The molecule has 0 aromatic carbocycles. The van der Waals surface area contributed by atoms with Gasteiger partial charge in [0, 0.05) is 11.4 Å². The van der Waals surface area contributed by atoms with Gasteiger partial charge in [-0.25, -0.2) is 0 Å². The molecule has 0 aliphatic carbocycles. The lowest BCUT2D eigenvalue weighted by atomic mass is 9.89. The minimum atomic E-state index is -0.0125. The van der Waals surface area contributed by atoms with Gasteiger partial charge in [-0.2, -0.15) is 0 Å². The minimum Gasteiger partial charge on any atom is -0.328 e. The van der Waals surface area contributed by atoms with Gasteiger partial charge in [0.25, 0.3) is 5.91 Å². The number of carbonyl (C=O) groups is 1. The minimum absolute atomic E-state index is 0.0125. The Morgan fingerprint density at radius 1 is 1.53 bits per heavy atom. The summed E-state index contributed by atoms with van der Waals surface area (Å²) in [4.78, 5) is 15.5. The molecule has 1 aromatic heterocycles. The van der Waals surface area contributed by atoms with Crippen molar-refractivity contribution in [3.05, 3.63) is 20.3 Å². The molecular formula is C11H12BrNOS. The predicted molar refractivity (Wildman–Crippen MR) is 64.3 cm³/mol. The number of thiophene rings is 1. The van der Waals surface area contributed by atoms with Gasteiger partial charge in [-0.1, -0.05) is 0 Å². The monoisotopic (exact) mass is 285 g/mol. The van der Waals surface area contributed by atoms with E-state index in [2.05, 4.69) is 27.8 Å². The molecule has 1 fully saturated rings. The Hall–Kier alpha value is -0.350. The summed E-state index contributed by atoms with van der Waals surface area (Å²) in [6.07, 6.45) is 3.49. The van der Waals surface area contributed by atoms with E-state index in [9.17, 15) is 4.79 Å². The molecule has 1 unspecified atom stereocenters. The summed E-state index contributed by atoms with van der Waals surface area (Å²) < 4.78 is 1.08. The highest BCUT2D eigenvalue weighted by molar-refractivity contribution is 9.11. The standard InChI is InChI=1S/C11H12BrNOS/c1-11-4-2-3-5-13(11)10(14)7-6-8(12)15-9(7)11/h6H,2-5H2,1H3. The van der Waals surface area contributed by atoms with Gasteiger partial charge >= 0.3 is 0 Å². The van der Waals surface area contributed by atoms with Crippen LogP contribution in [0.2, 0.25) is 0 Å². The molecule has 80 valence electrons. The molecule has 2 nitrogen and oxygen atoms in total. The summed E-state index contributed by atoms with van der Waals surface area (Å²) in [5.41, 5.74) is 0.915. The van der Waals surface area contributed by atoms with E-state index in [1.165, 1.54) is 11.3 Å². The van der Waals surface area contributed by atoms with Crippen molar-refractivity contribution in [2.75, 3.05) is 6.54 Å². The number of carbonyl (C=O) groups excluding carboxylic acids is 1. The number of nitrogens with zero attached hydrogens (tertiary/aromatic N) is 1. The highest BCUT2D eigenvalue weighted by atomic mass is 79.9. The Morgan fingerprint density at radius 3 is 3.13 bits per heavy atom. The number of rotatable bonds is 0. The molecule has 0 radical (unpaired) electrons. The predicted octanol–water partition coefficient (Wildman–Crippen LogP) is 3.37. The van der Waals surface area contributed by atoms with E-state index in [4.69, 9.17) is 0 Å². The van der Waals surface area contributed by atoms with Crippen LogP contribution in [0.25, 0.3) is 0 Å². The van der Waals surface area contributed by atoms with Gasteiger partial charge in [-0.15, -0.1) is 11.3 Å². The first-order valence-electron chi connectivity index (χ1n) is 5.25. The van der Waals surface area contributed by atoms with E-state index in [1.807, 2.05) is 6.07 Å². The molecule has 1 saturated heterocycles. The summed E-state index contributed by atoms with van der Waals surface area (Å²) >= 11 is 5.19. The van der Waals surface area contributed by atoms with Crippen LogP contribution in [0.3, 0.4) is 0 Å². The maximum Gasteiger partial charge on any atom is 0.255 e. The van der Waals surface area contributed by atoms with E-state index in [0.29, 0.717) is 0 Å². The first-order chi connectivity index (χ1) is 7.13. The second-order valence-electron chi connectivity index (χ2n) is 4.48. The maximum absolute atomic E-state index is 12.2. The molecule has 0 spiro atoms. The average molecular weight is 286 g/mol. The quantitative estimate of drug-likeness (QED) is 0.716. The fourth-order valence-corrected chi connectivity index (χ4v) is 4.52. The SMILES string of the molecule is CC12CCCCN1C(=O)c1cc(Br)sc12. The van der Waals surface area contributed by atoms with Crippen LogP contribution in [-0.4, -0.2) is 17.4 Å². The molecule has 3 rings (SSSR count). The van der Waals surface area contributed by atoms with Crippen molar-refractivity contribution in [3.8, 4) is 0 Å². The van der Waals surface area contributed by atoms with E-state index in [1.54, 1.807) is 11.3 Å². The molecule has 1 atom stereocenters. The molecule has 15 heavy (non-hydrogen) atoms. The lowest BCUT2D eigenvalue weighted by Crippen LogP contribution is -2.44. The molecule has 1 amide bonds. The third-order valence-electron chi connectivity index (χ3n) is 3.56. The van der Waals surface area contributed by atoms with E-state index < -0.39 is 0 Å². The number of amides is 1. The number of halogens is 1. The number of hydrogen-bond donors (Lipinski definition) is 0. The molecule has 0 saturated carbocycles. The fraction of sp³-hybridized carbons (Fsp3) is 0.545. The smallest absolute Gasteiger partial charge is 0.255 e. The Morgan fingerprint density at radius 2 is 2.33 bits per heavy atom. The van der Waals surface area contributed by atoms with Crippen molar-refractivity contribution in [2.24, 2.45) is 0 Å². The van der Waals surface area contributed by atoms with Crippen molar-refractivity contribution in [3.63, 3.8) is 0 Å². The number of fused-ring (bicyclic) bond motifs is 3. The van der Waals surface area contributed by atoms with Crippen molar-refractivity contribution in [1.82, 2.24) is 4.90 Å². The van der Waals surface area contributed by atoms with E-state index in [-0.39, 0.29) is 11.4 Å². The normalized spacial score (nSPS) is 29.2. The Labute approximate surface area is 101 Å². The molecular weight excluding hydrogens is 274 g/mol. The highest BCUT2D eigenvalue weighted by Gasteiger charge is 2.48. The van der Waals surface area contributed by atoms with Crippen LogP contribution in [0.15, 0.2) is 9.85 Å². The highest BCUT2D eigenvalue weighted by Crippen LogP contribution is 2.49. The summed E-state index contributed by atoms with van der Waals surface area (Å²) in [6, 6.07) is 1.98. The summed E-state index contributed by atoms with van der Waals surface area (Å²) in [5.74, 6) is 0.231. The fourth-order valence-electron chi connectivity index (χ4n) is 2.75. The lowest BCUT2D eigenvalue weighted by Gasteiger charge is -2.39. The second kappa shape index (κ2) is 3.08. The molecule has 1 aromatic rings. The third kappa shape index (κ3) is 1.18. The molecule has 4 heteroatoms. The van der Waals surface area contributed by atoms with Crippen LogP contribution in [0, 0.1) is 0 Å². The second-order valence-corrected chi connectivity index (χ2v) is 6.91. The zero-order valence-electron chi connectivity index (χ0n) is 8.55. The molecule has 3 heterocycles. The van der Waals surface area contributed by atoms with E-state index in [0.717, 1.165) is 28.7 Å². The van der Waals surface area contributed by atoms with Crippen LogP contribution >= 0.6 is 27.3 Å². The van der Waals surface area contributed by atoms with Crippen LogP contribution in [0.4, 0.5) is 0 Å². The van der Waals surface area contributed by atoms with Crippen molar-refractivity contribution < 1.29 is 4.79 Å². The van der Waals surface area contributed by atoms with Gasteiger partial charge in [0.2, 0.25) is 0 Å². The van der Waals surface area contributed by atoms with Crippen LogP contribution in [0.5, 0.6) is 0 Å². The van der Waals surface area contributed by atoms with Gasteiger partial charge < -0.3 is 4.90 Å². The van der Waals surface area contributed by atoms with Crippen molar-refractivity contribution in [1.29, 1.82) is 0 Å². The van der Waals surface area contributed by atoms with Gasteiger partial charge in [0.15, 0.2) is 0 Å². The lowest BCUT2D eigenvalue weighted by molar-refractivity contribution is 0.0470. The van der Waals surface area contributed by atoms with Crippen LogP contribution < -0.4 is 0 Å². The van der Waals surface area contributed by atoms with Gasteiger partial charge in [0.1, 0.15) is 0 Å².